The first-order valence-corrected chi connectivity index (χ1v) is 8.77. The van der Waals surface area contributed by atoms with Crippen LogP contribution in [-0.2, 0) is 19.8 Å². The number of carbonyl (C=O) groups is 1. The molecule has 3 aromatic rings. The molecule has 3 rings (SSSR count). The average Bonchev–Trinajstić information content (AvgIpc) is 3.25. The standard InChI is InChI=1S/C16H8BrF8N5O/c1-29-13(7(17)14(28-29)16(23,24)25)15(31)26-6-2-3-30(27-6)4-5-8(18)10(20)12(22)11(21)9(5)19/h2-3H,4H2,1H3,(H,26,27,31). The van der Waals surface area contributed by atoms with Crippen molar-refractivity contribution in [3.8, 4) is 0 Å². The molecule has 31 heavy (non-hydrogen) atoms. The Hall–Kier alpha value is -2.97. The maximum atomic E-state index is 13.8. The van der Waals surface area contributed by atoms with Gasteiger partial charge in [0.15, 0.2) is 34.8 Å². The third-order valence-electron chi connectivity index (χ3n) is 3.98. The van der Waals surface area contributed by atoms with E-state index in [-0.39, 0.29) is 5.82 Å². The van der Waals surface area contributed by atoms with Gasteiger partial charge in [0.25, 0.3) is 5.91 Å². The van der Waals surface area contributed by atoms with Gasteiger partial charge in [0.2, 0.25) is 5.82 Å². The van der Waals surface area contributed by atoms with E-state index in [9.17, 15) is 39.9 Å². The fraction of sp³-hybridized carbons (Fsp3) is 0.188. The van der Waals surface area contributed by atoms with Gasteiger partial charge in [0, 0.05) is 19.3 Å². The topological polar surface area (TPSA) is 64.7 Å². The number of nitrogens with zero attached hydrogens (tertiary/aromatic N) is 4. The van der Waals surface area contributed by atoms with Gasteiger partial charge < -0.3 is 5.32 Å². The lowest BCUT2D eigenvalue weighted by atomic mass is 10.1. The Balaban J connectivity index is 1.84. The van der Waals surface area contributed by atoms with Crippen LogP contribution in [0.15, 0.2) is 16.7 Å². The van der Waals surface area contributed by atoms with Crippen molar-refractivity contribution < 1.29 is 39.9 Å². The average molecular weight is 518 g/mol. The van der Waals surface area contributed by atoms with Crippen LogP contribution in [-0.4, -0.2) is 25.5 Å². The van der Waals surface area contributed by atoms with Crippen molar-refractivity contribution in [2.75, 3.05) is 5.32 Å². The maximum Gasteiger partial charge on any atom is 0.436 e. The number of amides is 1. The highest BCUT2D eigenvalue weighted by Crippen LogP contribution is 2.35. The Labute approximate surface area is 175 Å². The summed E-state index contributed by atoms with van der Waals surface area (Å²) in [5.41, 5.74) is -3.00. The zero-order valence-corrected chi connectivity index (χ0v) is 16.5. The van der Waals surface area contributed by atoms with Crippen molar-refractivity contribution in [1.29, 1.82) is 0 Å². The molecule has 6 nitrogen and oxygen atoms in total. The van der Waals surface area contributed by atoms with E-state index >= 15 is 0 Å². The lowest BCUT2D eigenvalue weighted by molar-refractivity contribution is -0.142. The predicted octanol–water partition coefficient (Wildman–Crippen LogP) is 4.39. The van der Waals surface area contributed by atoms with E-state index in [0.29, 0.717) is 4.68 Å². The number of aromatic nitrogens is 4. The van der Waals surface area contributed by atoms with Gasteiger partial charge in [-0.25, -0.2) is 22.0 Å². The fourth-order valence-corrected chi connectivity index (χ4v) is 3.31. The van der Waals surface area contributed by atoms with E-state index in [1.165, 1.54) is 0 Å². The summed E-state index contributed by atoms with van der Waals surface area (Å²) in [6.45, 7) is -0.880. The first-order valence-electron chi connectivity index (χ1n) is 7.97. The van der Waals surface area contributed by atoms with Crippen molar-refractivity contribution in [3.63, 3.8) is 0 Å². The van der Waals surface area contributed by atoms with Crippen LogP contribution in [0.1, 0.15) is 21.7 Å². The number of carbonyl (C=O) groups excluding carboxylic acids is 1. The lowest BCUT2D eigenvalue weighted by Gasteiger charge is -2.08. The second-order valence-electron chi connectivity index (χ2n) is 6.03. The number of alkyl halides is 3. The number of benzene rings is 1. The molecule has 0 aliphatic heterocycles. The fourth-order valence-electron chi connectivity index (χ4n) is 2.57. The number of halogens is 9. The normalized spacial score (nSPS) is 11.8. The van der Waals surface area contributed by atoms with Crippen molar-refractivity contribution in [2.45, 2.75) is 12.7 Å². The van der Waals surface area contributed by atoms with E-state index < -0.39 is 69.1 Å². The highest BCUT2D eigenvalue weighted by atomic mass is 79.9. The molecular formula is C16H8BrF8N5O. The summed E-state index contributed by atoms with van der Waals surface area (Å²) in [6, 6.07) is 1.10. The highest BCUT2D eigenvalue weighted by molar-refractivity contribution is 9.10. The predicted molar refractivity (Wildman–Crippen MR) is 91.4 cm³/mol. The molecule has 0 atom stereocenters. The molecule has 0 aliphatic rings. The third-order valence-corrected chi connectivity index (χ3v) is 4.73. The molecule has 0 saturated carbocycles. The van der Waals surface area contributed by atoms with Crippen LogP contribution >= 0.6 is 15.9 Å². The van der Waals surface area contributed by atoms with Crippen LogP contribution in [0.25, 0.3) is 0 Å². The molecule has 1 aromatic carbocycles. The second kappa shape index (κ2) is 7.94. The molecule has 0 unspecified atom stereocenters. The van der Waals surface area contributed by atoms with Gasteiger partial charge in [0.1, 0.15) is 5.69 Å². The number of hydrogen-bond donors (Lipinski definition) is 1. The first kappa shape index (κ1) is 22.7. The minimum atomic E-state index is -4.83. The summed E-state index contributed by atoms with van der Waals surface area (Å²) in [6.07, 6.45) is -3.78. The van der Waals surface area contributed by atoms with Gasteiger partial charge >= 0.3 is 6.18 Å². The summed E-state index contributed by atoms with van der Waals surface area (Å²) in [7, 11) is 1.09. The Morgan fingerprint density at radius 1 is 1.03 bits per heavy atom. The van der Waals surface area contributed by atoms with E-state index in [2.05, 4.69) is 31.4 Å². The maximum absolute atomic E-state index is 13.8. The quantitative estimate of drug-likeness (QED) is 0.317. The third kappa shape index (κ3) is 4.13. The van der Waals surface area contributed by atoms with Gasteiger partial charge in [-0.2, -0.15) is 23.4 Å². The molecule has 0 radical (unpaired) electrons. The molecule has 0 bridgehead atoms. The van der Waals surface area contributed by atoms with Gasteiger partial charge in [0.05, 0.1) is 16.6 Å². The molecule has 0 fully saturated rings. The second-order valence-corrected chi connectivity index (χ2v) is 6.83. The van der Waals surface area contributed by atoms with Crippen molar-refractivity contribution in [2.24, 2.45) is 7.05 Å². The molecule has 0 aliphatic carbocycles. The number of aryl methyl sites for hydroxylation is 1. The molecular weight excluding hydrogens is 510 g/mol. The van der Waals surface area contributed by atoms with Crippen molar-refractivity contribution in [3.05, 3.63) is 62.8 Å². The van der Waals surface area contributed by atoms with E-state index in [1.807, 2.05) is 0 Å². The molecule has 0 saturated heterocycles. The van der Waals surface area contributed by atoms with Gasteiger partial charge in [-0.3, -0.25) is 14.2 Å². The van der Waals surface area contributed by atoms with Gasteiger partial charge in [-0.15, -0.1) is 0 Å². The van der Waals surface area contributed by atoms with Gasteiger partial charge in [-0.1, -0.05) is 0 Å². The zero-order chi connectivity index (χ0) is 23.2. The zero-order valence-electron chi connectivity index (χ0n) is 15.0. The largest absolute Gasteiger partial charge is 0.436 e. The molecule has 1 N–H and O–H groups in total. The van der Waals surface area contributed by atoms with E-state index in [0.717, 1.165) is 24.0 Å². The summed E-state index contributed by atoms with van der Waals surface area (Å²) in [5, 5.41) is 9.06. The Kier molecular flexibility index (Phi) is 5.82. The van der Waals surface area contributed by atoms with Crippen molar-refractivity contribution in [1.82, 2.24) is 19.6 Å². The Morgan fingerprint density at radius 3 is 2.10 bits per heavy atom. The molecule has 2 heterocycles. The lowest BCUT2D eigenvalue weighted by Crippen LogP contribution is -2.17. The van der Waals surface area contributed by atoms with Crippen LogP contribution in [0.4, 0.5) is 40.9 Å². The van der Waals surface area contributed by atoms with Crippen LogP contribution in [0.2, 0.25) is 0 Å². The highest BCUT2D eigenvalue weighted by Gasteiger charge is 2.39. The van der Waals surface area contributed by atoms with Crippen molar-refractivity contribution >= 4 is 27.7 Å². The van der Waals surface area contributed by atoms with Crippen LogP contribution in [0.5, 0.6) is 0 Å². The number of hydrogen-bond acceptors (Lipinski definition) is 3. The number of anilines is 1. The number of rotatable bonds is 4. The Bertz CT molecular complexity index is 1160. The van der Waals surface area contributed by atoms with Gasteiger partial charge in [-0.05, 0) is 15.9 Å². The SMILES string of the molecule is Cn1nc(C(F)(F)F)c(Br)c1C(=O)Nc1ccn(Cc2c(F)c(F)c(F)c(F)c2F)n1. The number of nitrogens with one attached hydrogen (secondary N) is 1. The molecule has 1 amide bonds. The smallest absolute Gasteiger partial charge is 0.304 e. The van der Waals surface area contributed by atoms with Crippen LogP contribution in [0.3, 0.4) is 0 Å². The summed E-state index contributed by atoms with van der Waals surface area (Å²) < 4.78 is 107. The summed E-state index contributed by atoms with van der Waals surface area (Å²) in [4.78, 5) is 12.3. The summed E-state index contributed by atoms with van der Waals surface area (Å²) in [5.74, 6) is -12.0. The molecule has 15 heteroatoms. The monoisotopic (exact) mass is 517 g/mol. The van der Waals surface area contributed by atoms with E-state index in [4.69, 9.17) is 0 Å². The molecule has 166 valence electrons. The molecule has 2 aromatic heterocycles. The minimum absolute atomic E-state index is 0.268. The Morgan fingerprint density at radius 2 is 1.58 bits per heavy atom. The molecule has 0 spiro atoms. The van der Waals surface area contributed by atoms with E-state index in [1.54, 1.807) is 0 Å². The van der Waals surface area contributed by atoms with Crippen LogP contribution < -0.4 is 5.32 Å². The first-order chi connectivity index (χ1) is 14.3. The minimum Gasteiger partial charge on any atom is -0.304 e. The summed E-state index contributed by atoms with van der Waals surface area (Å²) >= 11 is 2.66. The van der Waals surface area contributed by atoms with Crippen LogP contribution in [0, 0.1) is 29.1 Å².